The molecule has 0 saturated carbocycles. The van der Waals surface area contributed by atoms with Gasteiger partial charge in [0.25, 0.3) is 10.0 Å². The summed E-state index contributed by atoms with van der Waals surface area (Å²) in [6.07, 6.45) is 0.702. The van der Waals surface area contributed by atoms with Crippen molar-refractivity contribution >= 4 is 39.1 Å². The normalized spacial score (nSPS) is 12.9. The van der Waals surface area contributed by atoms with Gasteiger partial charge in [0.2, 0.25) is 11.8 Å². The van der Waals surface area contributed by atoms with Gasteiger partial charge in [0, 0.05) is 17.6 Å². The molecule has 0 aliphatic heterocycles. The molecule has 3 aromatic rings. The highest BCUT2D eigenvalue weighted by molar-refractivity contribution is 7.92. The average Bonchev–Trinajstić information content (AvgIpc) is 2.91. The number of nitrogens with zero attached hydrogens (tertiary/aromatic N) is 2. The number of hydrogen-bond acceptors (Lipinski definition) is 4. The number of anilines is 1. The van der Waals surface area contributed by atoms with Gasteiger partial charge in [0.1, 0.15) is 18.4 Å². The van der Waals surface area contributed by atoms with Crippen LogP contribution in [0.5, 0.6) is 0 Å². The van der Waals surface area contributed by atoms with E-state index in [0.717, 1.165) is 34.1 Å². The zero-order valence-electron chi connectivity index (χ0n) is 22.4. The Morgan fingerprint density at radius 2 is 1.59 bits per heavy atom. The molecular formula is C29H33ClFN3O4S. The third kappa shape index (κ3) is 7.58. The summed E-state index contributed by atoms with van der Waals surface area (Å²) in [6, 6.07) is 17.0. The Balaban J connectivity index is 2.03. The molecule has 3 rings (SSSR count). The summed E-state index contributed by atoms with van der Waals surface area (Å²) in [7, 11) is -4.27. The zero-order chi connectivity index (χ0) is 28.7. The second-order valence-corrected chi connectivity index (χ2v) is 11.7. The van der Waals surface area contributed by atoms with E-state index in [4.69, 9.17) is 11.6 Å². The highest BCUT2D eigenvalue weighted by Gasteiger charge is 2.33. The van der Waals surface area contributed by atoms with Gasteiger partial charge in [-0.2, -0.15) is 0 Å². The number of rotatable bonds is 11. The van der Waals surface area contributed by atoms with E-state index in [1.807, 2.05) is 20.8 Å². The standard InChI is InChI=1S/C29H33ClFN3O4S/c1-5-21(3)32-29(36)22(4)33(18-23-8-6-7-9-27(23)30)28(35)19-34(25-14-10-20(2)11-15-25)39(37,38)26-16-12-24(31)13-17-26/h6-17,21-22H,5,18-19H2,1-4H3,(H,32,36). The van der Waals surface area contributed by atoms with Crippen LogP contribution < -0.4 is 9.62 Å². The van der Waals surface area contributed by atoms with Gasteiger partial charge in [0.05, 0.1) is 10.6 Å². The third-order valence-electron chi connectivity index (χ3n) is 6.47. The first-order valence-electron chi connectivity index (χ1n) is 12.6. The molecule has 0 fully saturated rings. The van der Waals surface area contributed by atoms with Crippen molar-refractivity contribution in [3.05, 3.63) is 94.8 Å². The topological polar surface area (TPSA) is 86.8 Å². The number of nitrogens with one attached hydrogen (secondary N) is 1. The van der Waals surface area contributed by atoms with Crippen molar-refractivity contribution in [1.82, 2.24) is 10.2 Å². The number of hydrogen-bond donors (Lipinski definition) is 1. The maximum atomic E-state index is 13.9. The molecule has 0 aliphatic rings. The summed E-state index contributed by atoms with van der Waals surface area (Å²) in [6.45, 7) is 6.65. The first kappa shape index (κ1) is 30.1. The van der Waals surface area contributed by atoms with Crippen LogP contribution in [-0.2, 0) is 26.2 Å². The van der Waals surface area contributed by atoms with E-state index in [2.05, 4.69) is 5.32 Å². The van der Waals surface area contributed by atoms with Crippen LogP contribution >= 0.6 is 11.6 Å². The Morgan fingerprint density at radius 1 is 0.974 bits per heavy atom. The van der Waals surface area contributed by atoms with E-state index in [0.29, 0.717) is 17.0 Å². The van der Waals surface area contributed by atoms with Gasteiger partial charge in [0.15, 0.2) is 0 Å². The van der Waals surface area contributed by atoms with Gasteiger partial charge in [-0.05, 0) is 75.2 Å². The van der Waals surface area contributed by atoms with Crippen molar-refractivity contribution in [3.8, 4) is 0 Å². The number of amides is 2. The van der Waals surface area contributed by atoms with Crippen LogP contribution in [0.15, 0.2) is 77.7 Å². The van der Waals surface area contributed by atoms with Crippen LogP contribution in [0.25, 0.3) is 0 Å². The molecule has 0 aromatic heterocycles. The van der Waals surface area contributed by atoms with Crippen molar-refractivity contribution in [2.24, 2.45) is 0 Å². The largest absolute Gasteiger partial charge is 0.352 e. The summed E-state index contributed by atoms with van der Waals surface area (Å²) in [5.41, 5.74) is 1.77. The molecule has 0 heterocycles. The van der Waals surface area contributed by atoms with Crippen LogP contribution in [0.2, 0.25) is 5.02 Å². The zero-order valence-corrected chi connectivity index (χ0v) is 24.0. The first-order valence-corrected chi connectivity index (χ1v) is 14.4. The second kappa shape index (κ2) is 13.1. The van der Waals surface area contributed by atoms with Crippen molar-refractivity contribution < 1.29 is 22.4 Å². The summed E-state index contributed by atoms with van der Waals surface area (Å²) in [5, 5.41) is 3.30. The smallest absolute Gasteiger partial charge is 0.264 e. The summed E-state index contributed by atoms with van der Waals surface area (Å²) < 4.78 is 42.0. The average molecular weight is 574 g/mol. The molecule has 3 aromatic carbocycles. The maximum Gasteiger partial charge on any atom is 0.264 e. The fourth-order valence-electron chi connectivity index (χ4n) is 3.83. The van der Waals surface area contributed by atoms with E-state index in [-0.39, 0.29) is 29.1 Å². The predicted molar refractivity (Wildman–Crippen MR) is 151 cm³/mol. The summed E-state index contributed by atoms with van der Waals surface area (Å²) >= 11 is 6.37. The lowest BCUT2D eigenvalue weighted by Crippen LogP contribution is -2.52. The second-order valence-electron chi connectivity index (χ2n) is 9.41. The Labute approximate surface area is 234 Å². The van der Waals surface area contributed by atoms with Crippen molar-refractivity contribution in [2.75, 3.05) is 10.8 Å². The van der Waals surface area contributed by atoms with E-state index in [9.17, 15) is 22.4 Å². The third-order valence-corrected chi connectivity index (χ3v) is 8.63. The lowest BCUT2D eigenvalue weighted by Gasteiger charge is -2.32. The number of carbonyl (C=O) groups is 2. The molecule has 10 heteroatoms. The number of sulfonamides is 1. The monoisotopic (exact) mass is 573 g/mol. The highest BCUT2D eigenvalue weighted by Crippen LogP contribution is 2.26. The van der Waals surface area contributed by atoms with Crippen molar-refractivity contribution in [2.45, 2.75) is 57.6 Å². The van der Waals surface area contributed by atoms with Gasteiger partial charge in [-0.1, -0.05) is 54.4 Å². The molecule has 0 saturated heterocycles. The number of carbonyl (C=O) groups excluding carboxylic acids is 2. The van der Waals surface area contributed by atoms with Gasteiger partial charge in [-0.25, -0.2) is 12.8 Å². The van der Waals surface area contributed by atoms with E-state index in [1.165, 1.54) is 4.90 Å². The van der Waals surface area contributed by atoms with E-state index in [1.54, 1.807) is 55.5 Å². The number of halogens is 2. The predicted octanol–water partition coefficient (Wildman–Crippen LogP) is 5.31. The number of benzene rings is 3. The Bertz CT molecular complexity index is 1400. The molecule has 0 spiro atoms. The molecule has 39 heavy (non-hydrogen) atoms. The Hall–Kier alpha value is -3.43. The SMILES string of the molecule is CCC(C)NC(=O)C(C)N(Cc1ccccc1Cl)C(=O)CN(c1ccc(C)cc1)S(=O)(=O)c1ccc(F)cc1. The first-order chi connectivity index (χ1) is 18.4. The van der Waals surface area contributed by atoms with Crippen molar-refractivity contribution in [1.29, 1.82) is 0 Å². The van der Waals surface area contributed by atoms with Gasteiger partial charge in [-0.3, -0.25) is 13.9 Å². The maximum absolute atomic E-state index is 13.9. The summed E-state index contributed by atoms with van der Waals surface area (Å²) in [4.78, 5) is 28.1. The minimum absolute atomic E-state index is 0.00800. The fraction of sp³-hybridized carbons (Fsp3) is 0.310. The fourth-order valence-corrected chi connectivity index (χ4v) is 5.44. The van der Waals surface area contributed by atoms with Crippen LogP contribution in [-0.4, -0.2) is 43.8 Å². The molecule has 1 N–H and O–H groups in total. The van der Waals surface area contributed by atoms with Gasteiger partial charge in [-0.15, -0.1) is 0 Å². The Kier molecular flexibility index (Phi) is 10.1. The molecule has 2 unspecified atom stereocenters. The molecule has 0 aliphatic carbocycles. The Morgan fingerprint density at radius 3 is 2.18 bits per heavy atom. The number of aryl methyl sites for hydroxylation is 1. The van der Waals surface area contributed by atoms with Gasteiger partial charge < -0.3 is 10.2 Å². The molecule has 0 radical (unpaired) electrons. The van der Waals surface area contributed by atoms with E-state index >= 15 is 0 Å². The molecule has 2 amide bonds. The lowest BCUT2D eigenvalue weighted by atomic mass is 10.1. The molecule has 7 nitrogen and oxygen atoms in total. The molecular weight excluding hydrogens is 541 g/mol. The highest BCUT2D eigenvalue weighted by atomic mass is 35.5. The molecule has 208 valence electrons. The quantitative estimate of drug-likeness (QED) is 0.337. The van der Waals surface area contributed by atoms with Gasteiger partial charge >= 0.3 is 0 Å². The van der Waals surface area contributed by atoms with Crippen LogP contribution in [0.1, 0.15) is 38.3 Å². The van der Waals surface area contributed by atoms with Crippen LogP contribution in [0, 0.1) is 12.7 Å². The minimum Gasteiger partial charge on any atom is -0.352 e. The van der Waals surface area contributed by atoms with E-state index < -0.39 is 34.3 Å². The summed E-state index contributed by atoms with van der Waals surface area (Å²) in [5.74, 6) is -1.56. The van der Waals surface area contributed by atoms with Crippen LogP contribution in [0.4, 0.5) is 10.1 Å². The minimum atomic E-state index is -4.27. The van der Waals surface area contributed by atoms with Crippen molar-refractivity contribution in [3.63, 3.8) is 0 Å². The lowest BCUT2D eigenvalue weighted by molar-refractivity contribution is -0.139. The van der Waals surface area contributed by atoms with Crippen LogP contribution in [0.3, 0.4) is 0 Å². The molecule has 0 bridgehead atoms. The molecule has 2 atom stereocenters.